The summed E-state index contributed by atoms with van der Waals surface area (Å²) >= 11 is 0. The SMILES string of the molecule is CC1(C)CCC(O)(CN2C(=O)c3ccncc3C2=O)CC1. The molecule has 1 aliphatic carbocycles. The van der Waals surface area contributed by atoms with Gasteiger partial charge in [0.05, 0.1) is 23.3 Å². The number of carbonyl (C=O) groups is 2. The molecule has 3 rings (SSSR count). The molecule has 0 radical (unpaired) electrons. The number of fused-ring (bicyclic) bond motifs is 1. The summed E-state index contributed by atoms with van der Waals surface area (Å²) in [5.41, 5.74) is -0.0222. The molecule has 1 aromatic heterocycles. The molecule has 2 amide bonds. The van der Waals surface area contributed by atoms with E-state index in [0.29, 0.717) is 24.0 Å². The minimum absolute atomic E-state index is 0.0788. The zero-order valence-electron chi connectivity index (χ0n) is 12.4. The number of aliphatic hydroxyl groups is 1. The molecule has 1 aromatic rings. The van der Waals surface area contributed by atoms with E-state index in [1.807, 2.05) is 0 Å². The average Bonchev–Trinajstić information content (AvgIpc) is 2.69. The third kappa shape index (κ3) is 2.46. The Labute approximate surface area is 124 Å². The molecule has 0 atom stereocenters. The van der Waals surface area contributed by atoms with Crippen molar-refractivity contribution in [3.63, 3.8) is 0 Å². The Hall–Kier alpha value is -1.75. The van der Waals surface area contributed by atoms with Gasteiger partial charge in [-0.3, -0.25) is 19.5 Å². The van der Waals surface area contributed by atoms with Crippen LogP contribution in [0.15, 0.2) is 18.5 Å². The van der Waals surface area contributed by atoms with Gasteiger partial charge in [-0.05, 0) is 37.2 Å². The minimum atomic E-state index is -0.962. The van der Waals surface area contributed by atoms with Gasteiger partial charge < -0.3 is 5.11 Å². The van der Waals surface area contributed by atoms with E-state index in [1.54, 1.807) is 6.07 Å². The van der Waals surface area contributed by atoms with E-state index >= 15 is 0 Å². The van der Waals surface area contributed by atoms with Gasteiger partial charge in [0.2, 0.25) is 0 Å². The summed E-state index contributed by atoms with van der Waals surface area (Å²) in [7, 11) is 0. The van der Waals surface area contributed by atoms with Crippen LogP contribution in [0.5, 0.6) is 0 Å². The summed E-state index contributed by atoms with van der Waals surface area (Å²) in [5, 5.41) is 10.7. The van der Waals surface area contributed by atoms with E-state index in [4.69, 9.17) is 0 Å². The molecule has 0 unspecified atom stereocenters. The van der Waals surface area contributed by atoms with Crippen LogP contribution in [0.1, 0.15) is 60.2 Å². The minimum Gasteiger partial charge on any atom is -0.388 e. The van der Waals surface area contributed by atoms with E-state index in [-0.39, 0.29) is 23.8 Å². The quantitative estimate of drug-likeness (QED) is 0.845. The fourth-order valence-electron chi connectivity index (χ4n) is 3.12. The molecule has 0 saturated heterocycles. The van der Waals surface area contributed by atoms with Gasteiger partial charge in [-0.15, -0.1) is 0 Å². The molecule has 1 aliphatic heterocycles. The summed E-state index contributed by atoms with van der Waals surface area (Å²) in [4.78, 5) is 29.7. The van der Waals surface area contributed by atoms with Gasteiger partial charge in [0, 0.05) is 12.4 Å². The number of amides is 2. The van der Waals surface area contributed by atoms with E-state index in [1.165, 1.54) is 17.3 Å². The van der Waals surface area contributed by atoms with E-state index in [0.717, 1.165) is 12.8 Å². The Kier molecular flexibility index (Phi) is 3.13. The Bertz CT molecular complexity index is 564. The van der Waals surface area contributed by atoms with Gasteiger partial charge in [-0.2, -0.15) is 0 Å². The normalized spacial score (nSPS) is 23.3. The first-order valence-corrected chi connectivity index (χ1v) is 7.34. The van der Waals surface area contributed by atoms with Crippen LogP contribution in [0.4, 0.5) is 0 Å². The Morgan fingerprint density at radius 2 is 1.76 bits per heavy atom. The highest BCUT2D eigenvalue weighted by atomic mass is 16.3. The second kappa shape index (κ2) is 4.63. The molecule has 2 heterocycles. The number of hydrogen-bond acceptors (Lipinski definition) is 4. The summed E-state index contributed by atoms with van der Waals surface area (Å²) in [6.45, 7) is 4.44. The molecule has 1 N–H and O–H groups in total. The molecule has 1 saturated carbocycles. The standard InChI is InChI=1S/C16H20N2O3/c1-15(2)4-6-16(21,7-5-15)10-18-13(19)11-3-8-17-9-12(11)14(18)20/h3,8-9,21H,4-7,10H2,1-2H3. The second-order valence-corrected chi connectivity index (χ2v) is 7.01. The van der Waals surface area contributed by atoms with Crippen LogP contribution in [-0.4, -0.2) is 39.0 Å². The molecule has 5 heteroatoms. The van der Waals surface area contributed by atoms with Gasteiger partial charge in [0.1, 0.15) is 0 Å². The number of carbonyl (C=O) groups excluding carboxylic acids is 2. The number of aromatic nitrogens is 1. The lowest BCUT2D eigenvalue weighted by atomic mass is 9.71. The van der Waals surface area contributed by atoms with Crippen LogP contribution >= 0.6 is 0 Å². The molecule has 21 heavy (non-hydrogen) atoms. The number of imide groups is 1. The molecule has 112 valence electrons. The van der Waals surface area contributed by atoms with Crippen LogP contribution in [-0.2, 0) is 0 Å². The van der Waals surface area contributed by atoms with Crippen LogP contribution in [0.2, 0.25) is 0 Å². The molecular weight excluding hydrogens is 268 g/mol. The lowest BCUT2D eigenvalue weighted by Gasteiger charge is -2.41. The van der Waals surface area contributed by atoms with Crippen molar-refractivity contribution in [2.45, 2.75) is 45.1 Å². The first-order chi connectivity index (χ1) is 9.81. The third-order valence-corrected chi connectivity index (χ3v) is 4.76. The zero-order chi connectivity index (χ0) is 15.3. The predicted molar refractivity (Wildman–Crippen MR) is 76.8 cm³/mol. The monoisotopic (exact) mass is 288 g/mol. The number of hydrogen-bond donors (Lipinski definition) is 1. The maximum absolute atomic E-state index is 12.3. The van der Waals surface area contributed by atoms with Crippen LogP contribution in [0, 0.1) is 5.41 Å². The average molecular weight is 288 g/mol. The first-order valence-electron chi connectivity index (χ1n) is 7.34. The fraction of sp³-hybridized carbons (Fsp3) is 0.562. The zero-order valence-corrected chi connectivity index (χ0v) is 12.4. The fourth-order valence-corrected chi connectivity index (χ4v) is 3.12. The van der Waals surface area contributed by atoms with Crippen molar-refractivity contribution in [3.05, 3.63) is 29.6 Å². The molecule has 0 spiro atoms. The van der Waals surface area contributed by atoms with Crippen molar-refractivity contribution in [3.8, 4) is 0 Å². The Balaban J connectivity index is 1.78. The van der Waals surface area contributed by atoms with Crippen molar-refractivity contribution in [2.75, 3.05) is 6.54 Å². The molecule has 1 fully saturated rings. The van der Waals surface area contributed by atoms with Crippen molar-refractivity contribution in [2.24, 2.45) is 5.41 Å². The maximum atomic E-state index is 12.3. The lowest BCUT2D eigenvalue weighted by Crippen LogP contribution is -2.48. The van der Waals surface area contributed by atoms with E-state index in [2.05, 4.69) is 18.8 Å². The molecule has 2 aliphatic rings. The summed E-state index contributed by atoms with van der Waals surface area (Å²) in [6.07, 6.45) is 5.95. The van der Waals surface area contributed by atoms with Gasteiger partial charge in [-0.1, -0.05) is 13.8 Å². The highest BCUT2D eigenvalue weighted by Crippen LogP contribution is 2.41. The largest absolute Gasteiger partial charge is 0.388 e. The second-order valence-electron chi connectivity index (χ2n) is 7.01. The number of pyridine rings is 1. The summed E-state index contributed by atoms with van der Waals surface area (Å²) in [6, 6.07) is 1.56. The predicted octanol–water partition coefficient (Wildman–Crippen LogP) is 2.01. The van der Waals surface area contributed by atoms with E-state index in [9.17, 15) is 14.7 Å². The van der Waals surface area contributed by atoms with Crippen molar-refractivity contribution >= 4 is 11.8 Å². The highest BCUT2D eigenvalue weighted by Gasteiger charge is 2.43. The first kappa shape index (κ1) is 14.2. The van der Waals surface area contributed by atoms with Crippen LogP contribution in [0.25, 0.3) is 0 Å². The smallest absolute Gasteiger partial charge is 0.263 e. The van der Waals surface area contributed by atoms with Crippen molar-refractivity contribution in [1.82, 2.24) is 9.88 Å². The number of nitrogens with zero attached hydrogens (tertiary/aromatic N) is 2. The maximum Gasteiger partial charge on any atom is 0.263 e. The summed E-state index contributed by atoms with van der Waals surface area (Å²) in [5.74, 6) is -0.669. The molecular formula is C16H20N2O3. The van der Waals surface area contributed by atoms with Crippen LogP contribution < -0.4 is 0 Å². The molecule has 0 bridgehead atoms. The van der Waals surface area contributed by atoms with Crippen LogP contribution in [0.3, 0.4) is 0 Å². The number of β-amino-alcohol motifs (C(OH)–C–C–N with tert-alkyl or cyclic N) is 1. The van der Waals surface area contributed by atoms with Gasteiger partial charge >= 0.3 is 0 Å². The molecule has 5 nitrogen and oxygen atoms in total. The topological polar surface area (TPSA) is 70.5 Å². The Morgan fingerprint density at radius 1 is 1.14 bits per heavy atom. The summed E-state index contributed by atoms with van der Waals surface area (Å²) < 4.78 is 0. The van der Waals surface area contributed by atoms with Crippen molar-refractivity contribution < 1.29 is 14.7 Å². The highest BCUT2D eigenvalue weighted by molar-refractivity contribution is 6.21. The van der Waals surface area contributed by atoms with Gasteiger partial charge in [0.15, 0.2) is 0 Å². The third-order valence-electron chi connectivity index (χ3n) is 4.76. The van der Waals surface area contributed by atoms with Crippen molar-refractivity contribution in [1.29, 1.82) is 0 Å². The lowest BCUT2D eigenvalue weighted by molar-refractivity contribution is -0.0405. The van der Waals surface area contributed by atoms with Gasteiger partial charge in [-0.25, -0.2) is 0 Å². The van der Waals surface area contributed by atoms with Gasteiger partial charge in [0.25, 0.3) is 11.8 Å². The molecule has 0 aromatic carbocycles. The van der Waals surface area contributed by atoms with E-state index < -0.39 is 5.60 Å². The number of rotatable bonds is 2. The Morgan fingerprint density at radius 3 is 2.38 bits per heavy atom.